The van der Waals surface area contributed by atoms with E-state index in [0.29, 0.717) is 10.0 Å². The zero-order valence-electron chi connectivity index (χ0n) is 15.5. The lowest BCUT2D eigenvalue weighted by molar-refractivity contribution is -0.0222. The largest absolute Gasteiger partial charge is 0.467 e. The van der Waals surface area contributed by atoms with Crippen LogP contribution in [0.4, 0.5) is 0 Å². The van der Waals surface area contributed by atoms with Crippen LogP contribution in [0.25, 0.3) is 10.8 Å². The summed E-state index contributed by atoms with van der Waals surface area (Å²) in [6.07, 6.45) is 2.60. The highest BCUT2D eigenvalue weighted by Crippen LogP contribution is 2.47. The molecule has 0 saturated carbocycles. The smallest absolute Gasteiger partial charge is 0.187 e. The van der Waals surface area contributed by atoms with E-state index in [-0.39, 0.29) is 12.3 Å². The first-order valence-electron chi connectivity index (χ1n) is 9.64. The number of fused-ring (bicyclic) bond motifs is 4. The minimum atomic E-state index is -0.112. The molecule has 5 rings (SSSR count). The minimum Gasteiger partial charge on any atom is -0.467 e. The number of nitrogens with zero attached hydrogens (tertiary/aromatic N) is 2. The lowest BCUT2D eigenvalue weighted by Crippen LogP contribution is -2.40. The number of halogens is 2. The van der Waals surface area contributed by atoms with Gasteiger partial charge in [0, 0.05) is 23.4 Å². The maximum absolute atomic E-state index is 6.46. The summed E-state index contributed by atoms with van der Waals surface area (Å²) in [7, 11) is 0. The highest BCUT2D eigenvalue weighted by Gasteiger charge is 2.40. The lowest BCUT2D eigenvalue weighted by Gasteiger charge is -2.38. The Morgan fingerprint density at radius 2 is 1.89 bits per heavy atom. The zero-order valence-corrected chi connectivity index (χ0v) is 17.0. The number of benzene rings is 3. The summed E-state index contributed by atoms with van der Waals surface area (Å²) in [6, 6.07) is 18.7. The molecule has 3 nitrogen and oxygen atoms in total. The van der Waals surface area contributed by atoms with E-state index < -0.39 is 0 Å². The molecular formula is C23H20Cl2N2O. The van der Waals surface area contributed by atoms with Crippen LogP contribution in [0.1, 0.15) is 43.4 Å². The highest BCUT2D eigenvalue weighted by atomic mass is 35.5. The third-order valence-corrected chi connectivity index (χ3v) is 6.00. The van der Waals surface area contributed by atoms with Crippen LogP contribution < -0.4 is 4.74 Å². The fraction of sp³-hybridized carbons (Fsp3) is 0.261. The van der Waals surface area contributed by atoms with E-state index in [1.165, 1.54) is 10.8 Å². The summed E-state index contributed by atoms with van der Waals surface area (Å²) >= 11 is 12.7. The van der Waals surface area contributed by atoms with Gasteiger partial charge in [-0.2, -0.15) is 5.10 Å². The average Bonchev–Trinajstić information content (AvgIpc) is 3.15. The van der Waals surface area contributed by atoms with Gasteiger partial charge >= 0.3 is 0 Å². The molecule has 0 saturated heterocycles. The first-order chi connectivity index (χ1) is 13.6. The zero-order chi connectivity index (χ0) is 19.3. The second-order valence-electron chi connectivity index (χ2n) is 7.38. The molecule has 0 bridgehead atoms. The average molecular weight is 411 g/mol. The van der Waals surface area contributed by atoms with Crippen LogP contribution >= 0.6 is 23.2 Å². The lowest BCUT2D eigenvalue weighted by atomic mass is 9.95. The molecule has 0 fully saturated rings. The Bertz CT molecular complexity index is 1100. The summed E-state index contributed by atoms with van der Waals surface area (Å²) in [5.41, 5.74) is 3.24. The van der Waals surface area contributed by atoms with Gasteiger partial charge in [0.2, 0.25) is 0 Å². The molecule has 3 aromatic rings. The van der Waals surface area contributed by atoms with Gasteiger partial charge in [-0.15, -0.1) is 0 Å². The minimum absolute atomic E-state index is 0.0953. The Hall–Kier alpha value is -2.23. The second-order valence-corrected chi connectivity index (χ2v) is 8.22. The van der Waals surface area contributed by atoms with Crippen molar-refractivity contribution < 1.29 is 4.74 Å². The molecular weight excluding hydrogens is 391 g/mol. The first kappa shape index (κ1) is 17.8. The van der Waals surface area contributed by atoms with Gasteiger partial charge in [-0.25, -0.2) is 0 Å². The SMILES string of the molecule is CCC[C@@H]1Oc2c(Cl)cc(Cl)cc2[C@@H]2CC(c3ccc4ccccc4c3)=NN12. The molecule has 0 aromatic heterocycles. The molecule has 5 heteroatoms. The standard InChI is InChI=1S/C23H20Cl2N2O/c1-2-5-22-27-21(18-11-17(24)12-19(25)23(18)28-22)13-20(26-27)16-9-8-14-6-3-4-7-15(14)10-16/h3-4,6-12,21-22H,2,5,13H2,1H3/t21-,22-/m0/s1. The van der Waals surface area contributed by atoms with Crippen molar-refractivity contribution in [3.05, 3.63) is 75.8 Å². The molecule has 2 atom stereocenters. The number of hydrogen-bond donors (Lipinski definition) is 0. The Morgan fingerprint density at radius 1 is 1.07 bits per heavy atom. The van der Waals surface area contributed by atoms with Crippen LogP contribution in [0.15, 0.2) is 59.7 Å². The summed E-state index contributed by atoms with van der Waals surface area (Å²) in [6.45, 7) is 2.15. The van der Waals surface area contributed by atoms with Gasteiger partial charge in [0.25, 0.3) is 0 Å². The van der Waals surface area contributed by atoms with Crippen LogP contribution in [0.3, 0.4) is 0 Å². The molecule has 0 radical (unpaired) electrons. The van der Waals surface area contributed by atoms with Crippen LogP contribution in [0, 0.1) is 0 Å². The molecule has 0 N–H and O–H groups in total. The van der Waals surface area contributed by atoms with Gasteiger partial charge in [0.05, 0.1) is 16.8 Å². The predicted molar refractivity (Wildman–Crippen MR) is 115 cm³/mol. The molecule has 0 aliphatic carbocycles. The first-order valence-corrected chi connectivity index (χ1v) is 10.4. The van der Waals surface area contributed by atoms with Gasteiger partial charge in [0.15, 0.2) is 6.23 Å². The maximum atomic E-state index is 6.46. The van der Waals surface area contributed by atoms with Crippen molar-refractivity contribution in [2.45, 2.75) is 38.5 Å². The fourth-order valence-electron chi connectivity index (χ4n) is 4.17. The van der Waals surface area contributed by atoms with E-state index in [1.807, 2.05) is 6.07 Å². The third kappa shape index (κ3) is 2.94. The summed E-state index contributed by atoms with van der Waals surface area (Å²) < 4.78 is 6.25. The predicted octanol–water partition coefficient (Wildman–Crippen LogP) is 6.82. The molecule has 0 unspecified atom stereocenters. The highest BCUT2D eigenvalue weighted by molar-refractivity contribution is 6.35. The van der Waals surface area contributed by atoms with Crippen LogP contribution in [-0.4, -0.2) is 16.9 Å². The van der Waals surface area contributed by atoms with Crippen LogP contribution in [-0.2, 0) is 0 Å². The van der Waals surface area contributed by atoms with Crippen LogP contribution in [0.2, 0.25) is 10.0 Å². The molecule has 2 heterocycles. The van der Waals surface area contributed by atoms with Gasteiger partial charge in [-0.3, -0.25) is 5.01 Å². The number of ether oxygens (including phenoxy) is 1. The van der Waals surface area contributed by atoms with Crippen molar-refractivity contribution in [1.29, 1.82) is 0 Å². The van der Waals surface area contributed by atoms with E-state index in [2.05, 4.69) is 54.4 Å². The molecule has 3 aromatic carbocycles. The van der Waals surface area contributed by atoms with Gasteiger partial charge < -0.3 is 4.74 Å². The van der Waals surface area contributed by atoms with Crippen LogP contribution in [0.5, 0.6) is 5.75 Å². The van der Waals surface area contributed by atoms with Crippen molar-refractivity contribution in [3.63, 3.8) is 0 Å². The van der Waals surface area contributed by atoms with Gasteiger partial charge in [-0.1, -0.05) is 72.9 Å². The maximum Gasteiger partial charge on any atom is 0.187 e. The number of rotatable bonds is 3. The van der Waals surface area contributed by atoms with Crippen molar-refractivity contribution in [1.82, 2.24) is 5.01 Å². The Morgan fingerprint density at radius 3 is 2.71 bits per heavy atom. The summed E-state index contributed by atoms with van der Waals surface area (Å²) in [5, 5.41) is 10.7. The Balaban J connectivity index is 1.57. The van der Waals surface area contributed by atoms with E-state index in [9.17, 15) is 0 Å². The Kier molecular flexibility index (Phi) is 4.45. The van der Waals surface area contributed by atoms with E-state index in [0.717, 1.165) is 41.9 Å². The van der Waals surface area contributed by atoms with Gasteiger partial charge in [0.1, 0.15) is 5.75 Å². The third-order valence-electron chi connectivity index (χ3n) is 5.51. The van der Waals surface area contributed by atoms with Crippen molar-refractivity contribution >= 4 is 39.7 Å². The molecule has 2 aliphatic heterocycles. The molecule has 28 heavy (non-hydrogen) atoms. The molecule has 0 amide bonds. The molecule has 142 valence electrons. The fourth-order valence-corrected chi connectivity index (χ4v) is 4.72. The number of hydrazone groups is 1. The van der Waals surface area contributed by atoms with Crippen molar-refractivity contribution in [2.24, 2.45) is 5.10 Å². The second kappa shape index (κ2) is 6.98. The molecule has 2 aliphatic rings. The quantitative estimate of drug-likeness (QED) is 0.473. The Labute approximate surface area is 174 Å². The van der Waals surface area contributed by atoms with E-state index in [4.69, 9.17) is 33.0 Å². The number of hydrogen-bond acceptors (Lipinski definition) is 3. The topological polar surface area (TPSA) is 24.8 Å². The van der Waals surface area contributed by atoms with Crippen molar-refractivity contribution in [2.75, 3.05) is 0 Å². The van der Waals surface area contributed by atoms with E-state index >= 15 is 0 Å². The molecule has 0 spiro atoms. The van der Waals surface area contributed by atoms with Crippen molar-refractivity contribution in [3.8, 4) is 5.75 Å². The summed E-state index contributed by atoms with van der Waals surface area (Å²) in [5.74, 6) is 0.751. The normalized spacial score (nSPS) is 20.5. The van der Waals surface area contributed by atoms with E-state index in [1.54, 1.807) is 6.07 Å². The van der Waals surface area contributed by atoms with Gasteiger partial charge in [-0.05, 0) is 34.5 Å². The summed E-state index contributed by atoms with van der Waals surface area (Å²) in [4.78, 5) is 0. The monoisotopic (exact) mass is 410 g/mol.